The van der Waals surface area contributed by atoms with E-state index in [4.69, 9.17) is 9.26 Å². The molecule has 1 aliphatic heterocycles. The number of aromatic nitrogens is 1. The third kappa shape index (κ3) is 4.11. The normalized spacial score (nSPS) is 14.7. The molecule has 158 valence electrons. The van der Waals surface area contributed by atoms with E-state index in [9.17, 15) is 13.2 Å². The van der Waals surface area contributed by atoms with Gasteiger partial charge in [-0.3, -0.25) is 4.79 Å². The van der Waals surface area contributed by atoms with Crippen molar-refractivity contribution in [2.75, 3.05) is 20.2 Å². The van der Waals surface area contributed by atoms with Crippen LogP contribution in [-0.2, 0) is 16.6 Å². The first kappa shape index (κ1) is 20.6. The van der Waals surface area contributed by atoms with Crippen LogP contribution in [0.1, 0.15) is 28.2 Å². The van der Waals surface area contributed by atoms with Gasteiger partial charge in [0.25, 0.3) is 15.9 Å². The van der Waals surface area contributed by atoms with Gasteiger partial charge in [-0.2, -0.15) is 4.31 Å². The van der Waals surface area contributed by atoms with Gasteiger partial charge in [-0.25, -0.2) is 8.42 Å². The summed E-state index contributed by atoms with van der Waals surface area (Å²) in [7, 11) is -1.89. The zero-order valence-corrected chi connectivity index (χ0v) is 18.0. The summed E-state index contributed by atoms with van der Waals surface area (Å²) in [6.45, 7) is 1.33. The Morgan fingerprint density at radius 2 is 2.00 bits per heavy atom. The molecule has 0 aliphatic carbocycles. The Morgan fingerprint density at radius 3 is 2.77 bits per heavy atom. The quantitative estimate of drug-likeness (QED) is 0.597. The number of para-hydroxylation sites is 1. The summed E-state index contributed by atoms with van der Waals surface area (Å²) < 4.78 is 37.6. The van der Waals surface area contributed by atoms with E-state index in [2.05, 4.69) is 10.5 Å². The van der Waals surface area contributed by atoms with Crippen LogP contribution in [0, 0.1) is 0 Å². The second-order valence-electron chi connectivity index (χ2n) is 6.79. The highest BCUT2D eigenvalue weighted by Gasteiger charge is 2.28. The number of nitrogens with one attached hydrogen (secondary N) is 1. The molecule has 10 heteroatoms. The average molecular weight is 448 g/mol. The molecule has 8 nitrogen and oxygen atoms in total. The van der Waals surface area contributed by atoms with E-state index in [1.54, 1.807) is 31.4 Å². The SMILES string of the molecule is COc1ccccc1-c1cc(C(=O)NCc2ccc(S(=O)(=O)N3CCCC3)s2)no1. The molecule has 2 aromatic heterocycles. The molecule has 0 atom stereocenters. The number of carbonyl (C=O) groups excluding carboxylic acids is 1. The van der Waals surface area contributed by atoms with E-state index in [1.807, 2.05) is 18.2 Å². The van der Waals surface area contributed by atoms with Gasteiger partial charge in [0.15, 0.2) is 11.5 Å². The predicted molar refractivity (Wildman–Crippen MR) is 112 cm³/mol. The number of carbonyl (C=O) groups is 1. The second kappa shape index (κ2) is 8.58. The molecule has 1 N–H and O–H groups in total. The van der Waals surface area contributed by atoms with Gasteiger partial charge in [-0.05, 0) is 37.1 Å². The van der Waals surface area contributed by atoms with Crippen molar-refractivity contribution in [1.82, 2.24) is 14.8 Å². The van der Waals surface area contributed by atoms with E-state index in [0.29, 0.717) is 34.4 Å². The summed E-state index contributed by atoms with van der Waals surface area (Å²) >= 11 is 1.17. The Bertz CT molecular complexity index is 1150. The fraction of sp³-hybridized carbons (Fsp3) is 0.300. The average Bonchev–Trinajstić information content (AvgIpc) is 3.53. The van der Waals surface area contributed by atoms with Gasteiger partial charge in [-0.1, -0.05) is 17.3 Å². The van der Waals surface area contributed by atoms with Gasteiger partial charge >= 0.3 is 0 Å². The monoisotopic (exact) mass is 447 g/mol. The molecule has 0 saturated carbocycles. The second-order valence-corrected chi connectivity index (χ2v) is 10.1. The minimum atomic E-state index is -3.44. The van der Waals surface area contributed by atoms with Crippen LogP contribution in [0.2, 0.25) is 0 Å². The van der Waals surface area contributed by atoms with Crippen molar-refractivity contribution in [3.63, 3.8) is 0 Å². The molecule has 0 bridgehead atoms. The minimum Gasteiger partial charge on any atom is -0.496 e. The van der Waals surface area contributed by atoms with Crippen LogP contribution < -0.4 is 10.1 Å². The number of methoxy groups -OCH3 is 1. The molecule has 30 heavy (non-hydrogen) atoms. The minimum absolute atomic E-state index is 0.136. The molecule has 1 fully saturated rings. The summed E-state index contributed by atoms with van der Waals surface area (Å²) in [4.78, 5) is 13.2. The number of hydrogen-bond donors (Lipinski definition) is 1. The number of benzene rings is 1. The van der Waals surface area contributed by atoms with Gasteiger partial charge in [-0.15, -0.1) is 11.3 Å². The fourth-order valence-corrected chi connectivity index (χ4v) is 6.23. The van der Waals surface area contributed by atoms with E-state index in [-0.39, 0.29) is 12.2 Å². The molecule has 1 saturated heterocycles. The van der Waals surface area contributed by atoms with Gasteiger partial charge in [0.2, 0.25) is 0 Å². The van der Waals surface area contributed by atoms with E-state index < -0.39 is 15.9 Å². The number of nitrogens with zero attached hydrogens (tertiary/aromatic N) is 2. The van der Waals surface area contributed by atoms with E-state index in [0.717, 1.165) is 17.7 Å². The van der Waals surface area contributed by atoms with Gasteiger partial charge < -0.3 is 14.6 Å². The first-order valence-electron chi connectivity index (χ1n) is 9.46. The lowest BCUT2D eigenvalue weighted by Crippen LogP contribution is -2.27. The summed E-state index contributed by atoms with van der Waals surface area (Å²) in [5.41, 5.74) is 0.832. The van der Waals surface area contributed by atoms with Crippen molar-refractivity contribution < 1.29 is 22.5 Å². The molecular weight excluding hydrogens is 426 g/mol. The molecule has 1 amide bonds. The number of hydrogen-bond acceptors (Lipinski definition) is 7. The zero-order valence-electron chi connectivity index (χ0n) is 16.3. The summed E-state index contributed by atoms with van der Waals surface area (Å²) in [5, 5.41) is 6.59. The van der Waals surface area contributed by atoms with Crippen LogP contribution in [0.4, 0.5) is 0 Å². The van der Waals surface area contributed by atoms with Crippen molar-refractivity contribution in [2.45, 2.75) is 23.6 Å². The molecule has 4 rings (SSSR count). The number of ether oxygens (including phenoxy) is 1. The third-order valence-corrected chi connectivity index (χ3v) is 8.29. The number of rotatable bonds is 7. The number of sulfonamides is 1. The van der Waals surface area contributed by atoms with Gasteiger partial charge in [0, 0.05) is 24.0 Å². The molecule has 3 heterocycles. The number of thiophene rings is 1. The Labute approximate surface area is 178 Å². The van der Waals surface area contributed by atoms with Crippen molar-refractivity contribution in [3.05, 3.63) is 53.0 Å². The third-order valence-electron chi connectivity index (χ3n) is 4.83. The highest BCUT2D eigenvalue weighted by molar-refractivity contribution is 7.91. The van der Waals surface area contributed by atoms with Crippen molar-refractivity contribution in [1.29, 1.82) is 0 Å². The van der Waals surface area contributed by atoms with Crippen LogP contribution in [0.15, 0.2) is 51.2 Å². The molecule has 3 aromatic rings. The topological polar surface area (TPSA) is 102 Å². The summed E-state index contributed by atoms with van der Waals surface area (Å²) in [6, 6.07) is 12.1. The Balaban J connectivity index is 1.41. The molecule has 1 aromatic carbocycles. The molecule has 0 radical (unpaired) electrons. The maximum Gasteiger partial charge on any atom is 0.273 e. The first-order valence-corrected chi connectivity index (χ1v) is 11.7. The predicted octanol–water partition coefficient (Wildman–Crippen LogP) is 3.13. The Morgan fingerprint density at radius 1 is 1.23 bits per heavy atom. The van der Waals surface area contributed by atoms with Crippen molar-refractivity contribution in [2.24, 2.45) is 0 Å². The van der Waals surface area contributed by atoms with Crippen LogP contribution in [0.3, 0.4) is 0 Å². The lowest BCUT2D eigenvalue weighted by Gasteiger charge is -2.13. The Kier molecular flexibility index (Phi) is 5.89. The molecule has 0 spiro atoms. The highest BCUT2D eigenvalue weighted by Crippen LogP contribution is 2.30. The smallest absolute Gasteiger partial charge is 0.273 e. The first-order chi connectivity index (χ1) is 14.5. The Hall–Kier alpha value is -2.69. The maximum absolute atomic E-state index is 12.6. The van der Waals surface area contributed by atoms with Crippen LogP contribution in [0.25, 0.3) is 11.3 Å². The highest BCUT2D eigenvalue weighted by atomic mass is 32.2. The van der Waals surface area contributed by atoms with Crippen LogP contribution in [0.5, 0.6) is 5.75 Å². The van der Waals surface area contributed by atoms with Crippen LogP contribution in [-0.4, -0.2) is 44.0 Å². The van der Waals surface area contributed by atoms with Crippen LogP contribution >= 0.6 is 11.3 Å². The standard InChI is InChI=1S/C20H21N3O5S2/c1-27-17-7-3-2-6-15(17)18-12-16(22-28-18)20(24)21-13-14-8-9-19(29-14)30(25,26)23-10-4-5-11-23/h2-3,6-9,12H,4-5,10-11,13H2,1H3,(H,21,24). The lowest BCUT2D eigenvalue weighted by molar-refractivity contribution is 0.0942. The molecule has 1 aliphatic rings. The van der Waals surface area contributed by atoms with E-state index in [1.165, 1.54) is 15.6 Å². The fourth-order valence-electron chi connectivity index (χ4n) is 3.26. The van der Waals surface area contributed by atoms with E-state index >= 15 is 0 Å². The van der Waals surface area contributed by atoms with Crippen molar-refractivity contribution >= 4 is 27.3 Å². The summed E-state index contributed by atoms with van der Waals surface area (Å²) in [5.74, 6) is 0.635. The summed E-state index contributed by atoms with van der Waals surface area (Å²) in [6.07, 6.45) is 1.78. The van der Waals surface area contributed by atoms with Gasteiger partial charge in [0.05, 0.1) is 19.2 Å². The van der Waals surface area contributed by atoms with Crippen molar-refractivity contribution in [3.8, 4) is 17.1 Å². The maximum atomic E-state index is 12.6. The van der Waals surface area contributed by atoms with Gasteiger partial charge in [0.1, 0.15) is 9.96 Å². The molecule has 0 unspecified atom stereocenters. The molecular formula is C20H21N3O5S2. The largest absolute Gasteiger partial charge is 0.496 e. The zero-order chi connectivity index (χ0) is 21.1. The number of amides is 1. The lowest BCUT2D eigenvalue weighted by atomic mass is 10.1.